The van der Waals surface area contributed by atoms with Gasteiger partial charge in [0.2, 0.25) is 0 Å². The third kappa shape index (κ3) is 2.31. The molecule has 0 radical (unpaired) electrons. The number of carbonyl (C=O) groups is 1. The fourth-order valence-corrected chi connectivity index (χ4v) is 3.19. The lowest BCUT2D eigenvalue weighted by molar-refractivity contribution is 0.251. The Morgan fingerprint density at radius 2 is 2.14 bits per heavy atom. The quantitative estimate of drug-likeness (QED) is 0.885. The second kappa shape index (κ2) is 5.25. The van der Waals surface area contributed by atoms with Gasteiger partial charge in [-0.25, -0.2) is 9.78 Å². The van der Waals surface area contributed by atoms with Crippen molar-refractivity contribution in [2.45, 2.75) is 24.8 Å². The number of hydrogen-bond acceptors (Lipinski definition) is 3. The zero-order valence-electron chi connectivity index (χ0n) is 11.9. The molecule has 1 unspecified atom stereocenters. The Kier molecular flexibility index (Phi) is 3.22. The standard InChI is InChI=1S/C16H15ClN4O/c17-15-7-11(3-6-19-15)13-9-20-16(22)21(13)14-8-18-5-4-12(14)10-1-2-10/h3-8,10,13H,1-2,9H2,(H,20,22). The molecule has 4 rings (SSSR count). The summed E-state index contributed by atoms with van der Waals surface area (Å²) in [6.07, 6.45) is 7.61. The number of anilines is 1. The molecule has 0 bridgehead atoms. The van der Waals surface area contributed by atoms with Gasteiger partial charge in [-0.15, -0.1) is 0 Å². The van der Waals surface area contributed by atoms with Crippen molar-refractivity contribution in [2.24, 2.45) is 0 Å². The lowest BCUT2D eigenvalue weighted by Gasteiger charge is -2.25. The molecule has 112 valence electrons. The average Bonchev–Trinajstić information content (AvgIpc) is 3.30. The van der Waals surface area contributed by atoms with Gasteiger partial charge in [0.25, 0.3) is 0 Å². The van der Waals surface area contributed by atoms with Crippen molar-refractivity contribution in [1.29, 1.82) is 0 Å². The molecule has 6 heteroatoms. The molecule has 0 aromatic carbocycles. The van der Waals surface area contributed by atoms with E-state index in [-0.39, 0.29) is 12.1 Å². The Morgan fingerprint density at radius 3 is 2.91 bits per heavy atom. The van der Waals surface area contributed by atoms with E-state index >= 15 is 0 Å². The van der Waals surface area contributed by atoms with Gasteiger partial charge in [0.1, 0.15) is 5.15 Å². The van der Waals surface area contributed by atoms with E-state index in [9.17, 15) is 4.79 Å². The van der Waals surface area contributed by atoms with Crippen LogP contribution in [-0.2, 0) is 0 Å². The van der Waals surface area contributed by atoms with E-state index < -0.39 is 0 Å². The van der Waals surface area contributed by atoms with Crippen LogP contribution in [-0.4, -0.2) is 22.5 Å². The first-order chi connectivity index (χ1) is 10.7. The summed E-state index contributed by atoms with van der Waals surface area (Å²) in [5, 5.41) is 3.35. The fourth-order valence-electron chi connectivity index (χ4n) is 3.01. The maximum atomic E-state index is 12.4. The number of rotatable bonds is 3. The summed E-state index contributed by atoms with van der Waals surface area (Å²) in [6.45, 7) is 0.554. The summed E-state index contributed by atoms with van der Waals surface area (Å²) in [4.78, 5) is 22.4. The molecule has 1 atom stereocenters. The minimum atomic E-state index is -0.0900. The van der Waals surface area contributed by atoms with Gasteiger partial charge in [-0.1, -0.05) is 11.6 Å². The molecule has 5 nitrogen and oxygen atoms in total. The van der Waals surface area contributed by atoms with Crippen LogP contribution < -0.4 is 10.2 Å². The van der Waals surface area contributed by atoms with Crippen LogP contribution in [0.4, 0.5) is 10.5 Å². The molecule has 1 N–H and O–H groups in total. The van der Waals surface area contributed by atoms with Gasteiger partial charge in [0.15, 0.2) is 0 Å². The fraction of sp³-hybridized carbons (Fsp3) is 0.312. The van der Waals surface area contributed by atoms with Crippen LogP contribution in [0.3, 0.4) is 0 Å². The molecule has 1 saturated heterocycles. The highest BCUT2D eigenvalue weighted by atomic mass is 35.5. The van der Waals surface area contributed by atoms with Gasteiger partial charge in [-0.3, -0.25) is 9.88 Å². The van der Waals surface area contributed by atoms with Crippen LogP contribution in [0.2, 0.25) is 5.15 Å². The van der Waals surface area contributed by atoms with E-state index in [0.717, 1.165) is 11.3 Å². The van der Waals surface area contributed by atoms with Crippen molar-refractivity contribution in [1.82, 2.24) is 15.3 Å². The normalized spacial score (nSPS) is 21.0. The number of pyridine rings is 2. The molecule has 2 amide bonds. The molecule has 3 heterocycles. The minimum absolute atomic E-state index is 0.0882. The van der Waals surface area contributed by atoms with Crippen LogP contribution in [0.1, 0.15) is 35.9 Å². The number of nitrogens with one attached hydrogen (secondary N) is 1. The highest BCUT2D eigenvalue weighted by molar-refractivity contribution is 6.29. The van der Waals surface area contributed by atoms with Crippen molar-refractivity contribution in [3.63, 3.8) is 0 Å². The van der Waals surface area contributed by atoms with Crippen molar-refractivity contribution in [3.8, 4) is 0 Å². The molecule has 2 fully saturated rings. The highest BCUT2D eigenvalue weighted by Crippen LogP contribution is 2.45. The van der Waals surface area contributed by atoms with E-state index in [4.69, 9.17) is 11.6 Å². The van der Waals surface area contributed by atoms with Gasteiger partial charge < -0.3 is 5.32 Å². The van der Waals surface area contributed by atoms with E-state index in [1.165, 1.54) is 18.4 Å². The lowest BCUT2D eigenvalue weighted by atomic mass is 10.1. The van der Waals surface area contributed by atoms with Gasteiger partial charge in [-0.2, -0.15) is 0 Å². The molecule has 22 heavy (non-hydrogen) atoms. The zero-order valence-corrected chi connectivity index (χ0v) is 12.6. The summed E-state index contributed by atoms with van der Waals surface area (Å²) >= 11 is 6.00. The third-order valence-corrected chi connectivity index (χ3v) is 4.43. The van der Waals surface area contributed by atoms with Crippen LogP contribution in [0.5, 0.6) is 0 Å². The molecule has 1 aliphatic heterocycles. The molecule has 2 aromatic heterocycles. The lowest BCUT2D eigenvalue weighted by Crippen LogP contribution is -2.30. The Balaban J connectivity index is 1.76. The largest absolute Gasteiger partial charge is 0.335 e. The number of halogens is 1. The molecule has 1 aliphatic carbocycles. The van der Waals surface area contributed by atoms with Gasteiger partial charge in [0, 0.05) is 18.9 Å². The van der Waals surface area contributed by atoms with E-state index in [1.807, 2.05) is 18.2 Å². The van der Waals surface area contributed by atoms with Gasteiger partial charge in [-0.05, 0) is 48.1 Å². The number of nitrogens with zero attached hydrogens (tertiary/aromatic N) is 3. The van der Waals surface area contributed by atoms with Crippen LogP contribution in [0.25, 0.3) is 0 Å². The number of amides is 2. The minimum Gasteiger partial charge on any atom is -0.335 e. The van der Waals surface area contributed by atoms with Crippen LogP contribution in [0, 0.1) is 0 Å². The van der Waals surface area contributed by atoms with Crippen LogP contribution in [0.15, 0.2) is 36.8 Å². The maximum Gasteiger partial charge on any atom is 0.322 e. The average molecular weight is 315 g/mol. The zero-order chi connectivity index (χ0) is 15.1. The monoisotopic (exact) mass is 314 g/mol. The number of aromatic nitrogens is 2. The van der Waals surface area contributed by atoms with E-state index in [2.05, 4.69) is 15.3 Å². The summed E-state index contributed by atoms with van der Waals surface area (Å²) in [7, 11) is 0. The molecule has 2 aromatic rings. The summed E-state index contributed by atoms with van der Waals surface area (Å²) < 4.78 is 0. The molecule has 0 spiro atoms. The molecular formula is C16H15ClN4O. The predicted molar refractivity (Wildman–Crippen MR) is 84.1 cm³/mol. The number of carbonyl (C=O) groups excluding carboxylic acids is 1. The van der Waals surface area contributed by atoms with E-state index in [0.29, 0.717) is 17.6 Å². The smallest absolute Gasteiger partial charge is 0.322 e. The van der Waals surface area contributed by atoms with Gasteiger partial charge >= 0.3 is 6.03 Å². The van der Waals surface area contributed by atoms with Crippen molar-refractivity contribution in [3.05, 3.63) is 53.1 Å². The Labute approximate surface area is 133 Å². The summed E-state index contributed by atoms with van der Waals surface area (Å²) in [5.41, 5.74) is 3.08. The van der Waals surface area contributed by atoms with E-state index in [1.54, 1.807) is 23.5 Å². The van der Waals surface area contributed by atoms with Crippen molar-refractivity contribution < 1.29 is 4.79 Å². The predicted octanol–water partition coefficient (Wildman–Crippen LogP) is 3.28. The Hall–Kier alpha value is -2.14. The molecule has 2 aliphatic rings. The molecule has 1 saturated carbocycles. The third-order valence-electron chi connectivity index (χ3n) is 4.22. The summed E-state index contributed by atoms with van der Waals surface area (Å²) in [6, 6.07) is 5.56. The Bertz CT molecular complexity index is 732. The Morgan fingerprint density at radius 1 is 1.27 bits per heavy atom. The van der Waals surface area contributed by atoms with Crippen molar-refractivity contribution in [2.75, 3.05) is 11.4 Å². The first-order valence-corrected chi connectivity index (χ1v) is 7.74. The maximum absolute atomic E-state index is 12.4. The number of hydrogen-bond donors (Lipinski definition) is 1. The highest BCUT2D eigenvalue weighted by Gasteiger charge is 2.37. The summed E-state index contributed by atoms with van der Waals surface area (Å²) in [5.74, 6) is 0.549. The topological polar surface area (TPSA) is 58.1 Å². The SMILES string of the molecule is O=C1NCC(c2ccnc(Cl)c2)N1c1cnccc1C1CC1. The van der Waals surface area contributed by atoms with Gasteiger partial charge in [0.05, 0.1) is 17.9 Å². The molecular weight excluding hydrogens is 300 g/mol. The first-order valence-electron chi connectivity index (χ1n) is 7.36. The second-order valence-corrected chi connectivity index (χ2v) is 6.08. The second-order valence-electron chi connectivity index (χ2n) is 5.69. The first kappa shape index (κ1) is 13.5. The number of urea groups is 1. The van der Waals surface area contributed by atoms with Crippen molar-refractivity contribution >= 4 is 23.3 Å². The van der Waals surface area contributed by atoms with Crippen LogP contribution >= 0.6 is 11.6 Å².